The maximum atomic E-state index is 11.4. The van der Waals surface area contributed by atoms with Gasteiger partial charge >= 0.3 is 0 Å². The molecule has 3 heteroatoms. The van der Waals surface area contributed by atoms with Gasteiger partial charge in [-0.05, 0) is 38.1 Å². The fourth-order valence-corrected chi connectivity index (χ4v) is 2.21. The van der Waals surface area contributed by atoms with Crippen molar-refractivity contribution in [2.75, 3.05) is 11.4 Å². The number of ketones is 1. The summed E-state index contributed by atoms with van der Waals surface area (Å²) in [5.41, 5.74) is 0.987. The highest BCUT2D eigenvalue weighted by atomic mass is 35.5. The SMILES string of the molecule is CC1(C)CC(=O)CN1c1ccc(Cl)cc1. The molecule has 1 aliphatic heterocycles. The summed E-state index contributed by atoms with van der Waals surface area (Å²) in [5.74, 6) is 0.301. The molecule has 1 fully saturated rings. The Morgan fingerprint density at radius 3 is 2.33 bits per heavy atom. The Hall–Kier alpha value is -1.02. The third-order valence-corrected chi connectivity index (χ3v) is 3.09. The summed E-state index contributed by atoms with van der Waals surface area (Å²) in [5, 5.41) is 0.724. The Morgan fingerprint density at radius 2 is 1.87 bits per heavy atom. The predicted molar refractivity (Wildman–Crippen MR) is 62.5 cm³/mol. The summed E-state index contributed by atoms with van der Waals surface area (Å²) in [6.45, 7) is 4.69. The molecule has 0 aliphatic carbocycles. The molecule has 0 radical (unpaired) electrons. The summed E-state index contributed by atoms with van der Waals surface area (Å²) >= 11 is 5.83. The molecule has 0 atom stereocenters. The van der Waals surface area contributed by atoms with Gasteiger partial charge in [0.15, 0.2) is 5.78 Å². The standard InChI is InChI=1S/C12H14ClNO/c1-12(2)7-11(15)8-14(12)10-5-3-9(13)4-6-10/h3-6H,7-8H2,1-2H3. The highest BCUT2D eigenvalue weighted by molar-refractivity contribution is 6.30. The molecular formula is C12H14ClNO. The molecule has 0 amide bonds. The van der Waals surface area contributed by atoms with E-state index < -0.39 is 0 Å². The molecule has 2 nitrogen and oxygen atoms in total. The first kappa shape index (κ1) is 10.5. The number of anilines is 1. The van der Waals surface area contributed by atoms with Gasteiger partial charge in [0, 0.05) is 22.7 Å². The molecular weight excluding hydrogens is 210 g/mol. The molecule has 1 aliphatic rings. The lowest BCUT2D eigenvalue weighted by Gasteiger charge is -2.32. The van der Waals surface area contributed by atoms with Crippen LogP contribution in [0.1, 0.15) is 20.3 Å². The molecule has 1 aromatic rings. The van der Waals surface area contributed by atoms with E-state index in [9.17, 15) is 4.79 Å². The highest BCUT2D eigenvalue weighted by Crippen LogP contribution is 2.32. The molecule has 0 unspecified atom stereocenters. The Kier molecular flexibility index (Phi) is 2.47. The van der Waals surface area contributed by atoms with Gasteiger partial charge in [0.2, 0.25) is 0 Å². The molecule has 80 valence electrons. The number of halogens is 1. The van der Waals surface area contributed by atoms with E-state index in [2.05, 4.69) is 18.7 Å². The van der Waals surface area contributed by atoms with E-state index in [1.165, 1.54) is 0 Å². The molecule has 2 rings (SSSR count). The fourth-order valence-electron chi connectivity index (χ4n) is 2.09. The summed E-state index contributed by atoms with van der Waals surface area (Å²) in [6, 6.07) is 7.64. The molecule has 1 aromatic carbocycles. The lowest BCUT2D eigenvalue weighted by atomic mass is 10.0. The molecule has 1 heterocycles. The topological polar surface area (TPSA) is 20.3 Å². The molecule has 0 spiro atoms. The largest absolute Gasteiger partial charge is 0.359 e. The third-order valence-electron chi connectivity index (χ3n) is 2.83. The van der Waals surface area contributed by atoms with E-state index in [1.807, 2.05) is 24.3 Å². The minimum absolute atomic E-state index is 0.0785. The zero-order valence-electron chi connectivity index (χ0n) is 8.96. The van der Waals surface area contributed by atoms with Crippen LogP contribution in [0.3, 0.4) is 0 Å². The van der Waals surface area contributed by atoms with Gasteiger partial charge in [0.05, 0.1) is 6.54 Å². The fraction of sp³-hybridized carbons (Fsp3) is 0.417. The van der Waals surface area contributed by atoms with Crippen LogP contribution in [0.5, 0.6) is 0 Å². The Bertz CT molecular complexity index is 383. The number of carbonyl (C=O) groups is 1. The van der Waals surface area contributed by atoms with Gasteiger partial charge in [-0.25, -0.2) is 0 Å². The second-order valence-electron chi connectivity index (χ2n) is 4.59. The molecule has 0 saturated carbocycles. The van der Waals surface area contributed by atoms with E-state index in [0.29, 0.717) is 18.7 Å². The van der Waals surface area contributed by atoms with Crippen molar-refractivity contribution < 1.29 is 4.79 Å². The quantitative estimate of drug-likeness (QED) is 0.730. The van der Waals surface area contributed by atoms with Crippen LogP contribution in [-0.2, 0) is 4.79 Å². The normalized spacial score (nSPS) is 19.7. The maximum absolute atomic E-state index is 11.4. The van der Waals surface area contributed by atoms with Crippen LogP contribution in [0.4, 0.5) is 5.69 Å². The lowest BCUT2D eigenvalue weighted by molar-refractivity contribution is -0.116. The van der Waals surface area contributed by atoms with Gasteiger partial charge in [0.25, 0.3) is 0 Å². The van der Waals surface area contributed by atoms with Crippen LogP contribution in [-0.4, -0.2) is 17.9 Å². The summed E-state index contributed by atoms with van der Waals surface area (Å²) in [7, 11) is 0. The minimum atomic E-state index is -0.0785. The lowest BCUT2D eigenvalue weighted by Crippen LogP contribution is -2.38. The molecule has 0 aromatic heterocycles. The Labute approximate surface area is 94.8 Å². The van der Waals surface area contributed by atoms with E-state index in [-0.39, 0.29) is 5.54 Å². The van der Waals surface area contributed by atoms with Crippen LogP contribution in [0.25, 0.3) is 0 Å². The number of Topliss-reactive ketones (excluding diaryl/α,β-unsaturated/α-hetero) is 1. The van der Waals surface area contributed by atoms with Crippen LogP contribution in [0, 0.1) is 0 Å². The minimum Gasteiger partial charge on any atom is -0.359 e. The van der Waals surface area contributed by atoms with E-state index in [4.69, 9.17) is 11.6 Å². The van der Waals surface area contributed by atoms with Crippen molar-refractivity contribution in [2.45, 2.75) is 25.8 Å². The molecule has 0 bridgehead atoms. The van der Waals surface area contributed by atoms with Crippen LogP contribution >= 0.6 is 11.6 Å². The van der Waals surface area contributed by atoms with Crippen molar-refractivity contribution in [3.05, 3.63) is 29.3 Å². The van der Waals surface area contributed by atoms with Crippen LogP contribution in [0.2, 0.25) is 5.02 Å². The first-order valence-corrected chi connectivity index (χ1v) is 5.42. The maximum Gasteiger partial charge on any atom is 0.154 e. The number of carbonyl (C=O) groups excluding carboxylic acids is 1. The van der Waals surface area contributed by atoms with Crippen molar-refractivity contribution in [1.29, 1.82) is 0 Å². The molecule has 0 N–H and O–H groups in total. The van der Waals surface area contributed by atoms with Gasteiger partial charge in [0.1, 0.15) is 0 Å². The van der Waals surface area contributed by atoms with Gasteiger partial charge in [-0.3, -0.25) is 4.79 Å². The predicted octanol–water partition coefficient (Wildman–Crippen LogP) is 2.90. The highest BCUT2D eigenvalue weighted by Gasteiger charge is 2.37. The second kappa shape index (κ2) is 3.53. The van der Waals surface area contributed by atoms with Crippen molar-refractivity contribution in [2.24, 2.45) is 0 Å². The average Bonchev–Trinajstić information content (AvgIpc) is 2.41. The van der Waals surface area contributed by atoms with Gasteiger partial charge in [-0.1, -0.05) is 11.6 Å². The van der Waals surface area contributed by atoms with E-state index in [1.54, 1.807) is 0 Å². The Balaban J connectivity index is 2.31. The molecule has 1 saturated heterocycles. The zero-order chi connectivity index (χ0) is 11.1. The number of nitrogens with zero attached hydrogens (tertiary/aromatic N) is 1. The van der Waals surface area contributed by atoms with Crippen molar-refractivity contribution in [1.82, 2.24) is 0 Å². The van der Waals surface area contributed by atoms with Crippen LogP contribution < -0.4 is 4.90 Å². The number of rotatable bonds is 1. The van der Waals surface area contributed by atoms with Gasteiger partial charge in [-0.15, -0.1) is 0 Å². The summed E-state index contributed by atoms with van der Waals surface area (Å²) in [4.78, 5) is 13.6. The molecule has 15 heavy (non-hydrogen) atoms. The smallest absolute Gasteiger partial charge is 0.154 e. The number of hydrogen-bond acceptors (Lipinski definition) is 2. The van der Waals surface area contributed by atoms with Gasteiger partial charge in [-0.2, -0.15) is 0 Å². The van der Waals surface area contributed by atoms with Gasteiger partial charge < -0.3 is 4.90 Å². The summed E-state index contributed by atoms with van der Waals surface area (Å²) < 4.78 is 0. The second-order valence-corrected chi connectivity index (χ2v) is 5.03. The van der Waals surface area contributed by atoms with Crippen molar-refractivity contribution >= 4 is 23.1 Å². The monoisotopic (exact) mass is 223 g/mol. The number of benzene rings is 1. The Morgan fingerprint density at radius 1 is 1.27 bits per heavy atom. The first-order chi connectivity index (χ1) is 6.99. The van der Waals surface area contributed by atoms with Crippen molar-refractivity contribution in [3.63, 3.8) is 0 Å². The number of hydrogen-bond donors (Lipinski definition) is 0. The van der Waals surface area contributed by atoms with Crippen LogP contribution in [0.15, 0.2) is 24.3 Å². The third kappa shape index (κ3) is 2.00. The average molecular weight is 224 g/mol. The van der Waals surface area contributed by atoms with E-state index >= 15 is 0 Å². The van der Waals surface area contributed by atoms with Crippen molar-refractivity contribution in [3.8, 4) is 0 Å². The zero-order valence-corrected chi connectivity index (χ0v) is 9.71. The first-order valence-electron chi connectivity index (χ1n) is 5.04. The summed E-state index contributed by atoms with van der Waals surface area (Å²) in [6.07, 6.45) is 0.621. The van der Waals surface area contributed by atoms with E-state index in [0.717, 1.165) is 10.7 Å².